The monoisotopic (exact) mass is 236 g/mol. The first-order valence-corrected chi connectivity index (χ1v) is 5.55. The Morgan fingerprint density at radius 2 is 1.94 bits per heavy atom. The second-order valence-corrected chi connectivity index (χ2v) is 4.43. The normalized spacial score (nSPS) is 19.6. The maximum Gasteiger partial charge on any atom is 0.327 e. The molecule has 0 aromatic heterocycles. The molecule has 2 rings (SSSR count). The van der Waals surface area contributed by atoms with Crippen LogP contribution in [-0.2, 0) is 14.3 Å². The van der Waals surface area contributed by atoms with Crippen molar-refractivity contribution in [3.63, 3.8) is 0 Å². The minimum absolute atomic E-state index is 0.0257. The number of carbonyl (C=O) groups excluding carboxylic acids is 3. The van der Waals surface area contributed by atoms with Gasteiger partial charge in [-0.05, 0) is 0 Å². The summed E-state index contributed by atoms with van der Waals surface area (Å²) in [5.74, 6) is -1.19. The Kier molecular flexibility index (Phi) is 3.05. The van der Waals surface area contributed by atoms with Crippen LogP contribution in [0.2, 0.25) is 0 Å². The minimum atomic E-state index is -0.694. The molecule has 0 aliphatic carbocycles. The molecule has 0 bridgehead atoms. The van der Waals surface area contributed by atoms with Crippen LogP contribution in [0, 0.1) is 0 Å². The third-order valence-corrected chi connectivity index (χ3v) is 3.18. The molecule has 0 N–H and O–H groups in total. The van der Waals surface area contributed by atoms with E-state index < -0.39 is 17.2 Å². The summed E-state index contributed by atoms with van der Waals surface area (Å²) in [6.45, 7) is 0. The summed E-state index contributed by atoms with van der Waals surface area (Å²) in [5.41, 5.74) is 0.514. The van der Waals surface area contributed by atoms with Gasteiger partial charge in [-0.2, -0.15) is 0 Å². The molecule has 1 fully saturated rings. The molecular weight excluding hydrogens is 228 g/mol. The number of esters is 2. The second-order valence-electron chi connectivity index (χ2n) is 3.26. The van der Waals surface area contributed by atoms with Crippen LogP contribution in [0.25, 0.3) is 0 Å². The molecule has 5 heteroatoms. The molecule has 1 unspecified atom stereocenters. The Morgan fingerprint density at radius 1 is 1.25 bits per heavy atom. The molecule has 1 saturated heterocycles. The maximum absolute atomic E-state index is 11.7. The summed E-state index contributed by atoms with van der Waals surface area (Å²) < 4.78 is 4.36. The lowest BCUT2D eigenvalue weighted by atomic mass is 10.2. The summed E-state index contributed by atoms with van der Waals surface area (Å²) in [6.07, 6.45) is -0.0257. The van der Waals surface area contributed by atoms with Crippen molar-refractivity contribution in [2.24, 2.45) is 0 Å². The van der Waals surface area contributed by atoms with Gasteiger partial charge in [-0.25, -0.2) is 0 Å². The van der Waals surface area contributed by atoms with Crippen molar-refractivity contribution in [1.82, 2.24) is 0 Å². The van der Waals surface area contributed by atoms with Crippen molar-refractivity contribution in [3.05, 3.63) is 35.9 Å². The molecule has 1 aliphatic heterocycles. The molecule has 82 valence electrons. The van der Waals surface area contributed by atoms with Crippen LogP contribution in [0.1, 0.15) is 16.8 Å². The maximum atomic E-state index is 11.7. The molecule has 1 atom stereocenters. The number of carbonyl (C=O) groups is 3. The fourth-order valence-electron chi connectivity index (χ4n) is 1.32. The Hall–Kier alpha value is -1.62. The fraction of sp³-hybridized carbons (Fsp3) is 0.182. The van der Waals surface area contributed by atoms with Gasteiger partial charge in [-0.15, -0.1) is 0 Å². The van der Waals surface area contributed by atoms with Gasteiger partial charge < -0.3 is 4.74 Å². The molecule has 1 aromatic carbocycles. The third-order valence-electron chi connectivity index (χ3n) is 2.09. The first kappa shape index (κ1) is 10.9. The van der Waals surface area contributed by atoms with Crippen molar-refractivity contribution in [3.8, 4) is 0 Å². The van der Waals surface area contributed by atoms with Gasteiger partial charge in [-0.1, -0.05) is 42.1 Å². The number of rotatable bonds is 2. The topological polar surface area (TPSA) is 60.4 Å². The highest BCUT2D eigenvalue weighted by molar-refractivity contribution is 8.15. The number of hydrogen-bond acceptors (Lipinski definition) is 5. The third kappa shape index (κ3) is 2.30. The highest BCUT2D eigenvalue weighted by Crippen LogP contribution is 2.25. The Balaban J connectivity index is 2.03. The molecule has 0 amide bonds. The Morgan fingerprint density at radius 3 is 2.50 bits per heavy atom. The summed E-state index contributed by atoms with van der Waals surface area (Å²) in [5, 5.41) is -0.919. The van der Waals surface area contributed by atoms with E-state index in [9.17, 15) is 14.4 Å². The van der Waals surface area contributed by atoms with Gasteiger partial charge in [0.15, 0.2) is 0 Å². The van der Waals surface area contributed by atoms with Crippen molar-refractivity contribution in [2.75, 3.05) is 0 Å². The predicted molar refractivity (Wildman–Crippen MR) is 57.9 cm³/mol. The van der Waals surface area contributed by atoms with Crippen LogP contribution in [0.15, 0.2) is 30.3 Å². The van der Waals surface area contributed by atoms with E-state index in [1.54, 1.807) is 30.3 Å². The molecule has 1 aliphatic rings. The number of benzene rings is 1. The van der Waals surface area contributed by atoms with E-state index in [4.69, 9.17) is 0 Å². The van der Waals surface area contributed by atoms with Gasteiger partial charge in [0.05, 0.1) is 6.42 Å². The number of hydrogen-bond donors (Lipinski definition) is 0. The lowest BCUT2D eigenvalue weighted by Crippen LogP contribution is -2.12. The van der Waals surface area contributed by atoms with Crippen molar-refractivity contribution in [2.45, 2.75) is 11.7 Å². The fourth-order valence-corrected chi connectivity index (χ4v) is 2.21. The van der Waals surface area contributed by atoms with E-state index in [-0.39, 0.29) is 11.5 Å². The van der Waals surface area contributed by atoms with Crippen molar-refractivity contribution in [1.29, 1.82) is 0 Å². The van der Waals surface area contributed by atoms with Crippen LogP contribution < -0.4 is 0 Å². The zero-order valence-electron chi connectivity index (χ0n) is 8.21. The molecular formula is C11H8O4S. The standard InChI is InChI=1S/C11H8O4S/c12-9-6-8(10(13)15-9)16-11(14)7-4-2-1-3-5-7/h1-5,8H,6H2. The molecule has 4 nitrogen and oxygen atoms in total. The van der Waals surface area contributed by atoms with E-state index >= 15 is 0 Å². The van der Waals surface area contributed by atoms with Crippen LogP contribution in [0.5, 0.6) is 0 Å². The molecule has 16 heavy (non-hydrogen) atoms. The average Bonchev–Trinajstić information content (AvgIpc) is 2.59. The highest BCUT2D eigenvalue weighted by Gasteiger charge is 2.35. The number of cyclic esters (lactones) is 2. The van der Waals surface area contributed by atoms with Gasteiger partial charge in [0.2, 0.25) is 5.12 Å². The summed E-state index contributed by atoms with van der Waals surface area (Å²) in [7, 11) is 0. The SMILES string of the molecule is O=C1CC(SC(=O)c2ccccc2)C(=O)O1. The van der Waals surface area contributed by atoms with Crippen LogP contribution in [0.4, 0.5) is 0 Å². The number of ether oxygens (including phenoxy) is 1. The zero-order chi connectivity index (χ0) is 11.5. The van der Waals surface area contributed by atoms with E-state index in [1.807, 2.05) is 0 Å². The van der Waals surface area contributed by atoms with E-state index in [2.05, 4.69) is 4.74 Å². The second kappa shape index (κ2) is 4.49. The highest BCUT2D eigenvalue weighted by atomic mass is 32.2. The van der Waals surface area contributed by atoms with Crippen LogP contribution in [-0.4, -0.2) is 22.3 Å². The average molecular weight is 236 g/mol. The van der Waals surface area contributed by atoms with E-state index in [0.29, 0.717) is 5.56 Å². The molecule has 1 heterocycles. The lowest BCUT2D eigenvalue weighted by Gasteiger charge is -2.02. The molecule has 0 saturated carbocycles. The molecule has 0 spiro atoms. The molecule has 0 radical (unpaired) electrons. The van der Waals surface area contributed by atoms with Gasteiger partial charge in [-0.3, -0.25) is 14.4 Å². The minimum Gasteiger partial charge on any atom is -0.392 e. The smallest absolute Gasteiger partial charge is 0.327 e. The van der Waals surface area contributed by atoms with Gasteiger partial charge in [0.25, 0.3) is 0 Å². The Bertz CT molecular complexity index is 441. The Labute approximate surface area is 96.0 Å². The summed E-state index contributed by atoms with van der Waals surface area (Å²) >= 11 is 0.838. The quantitative estimate of drug-likeness (QED) is 0.573. The lowest BCUT2D eigenvalue weighted by molar-refractivity contribution is -0.151. The molecule has 1 aromatic rings. The zero-order valence-corrected chi connectivity index (χ0v) is 9.03. The van der Waals surface area contributed by atoms with Gasteiger partial charge in [0, 0.05) is 5.56 Å². The van der Waals surface area contributed by atoms with E-state index in [0.717, 1.165) is 11.8 Å². The van der Waals surface area contributed by atoms with Crippen LogP contribution in [0.3, 0.4) is 0 Å². The van der Waals surface area contributed by atoms with E-state index in [1.165, 1.54) is 0 Å². The largest absolute Gasteiger partial charge is 0.392 e. The predicted octanol–water partition coefficient (Wildman–Crippen LogP) is 1.40. The van der Waals surface area contributed by atoms with Crippen molar-refractivity contribution < 1.29 is 19.1 Å². The summed E-state index contributed by atoms with van der Waals surface area (Å²) in [4.78, 5) is 33.6. The first-order chi connectivity index (χ1) is 7.66. The van der Waals surface area contributed by atoms with Crippen molar-refractivity contribution >= 4 is 28.8 Å². The van der Waals surface area contributed by atoms with Crippen LogP contribution >= 0.6 is 11.8 Å². The summed E-state index contributed by atoms with van der Waals surface area (Å²) in [6, 6.07) is 8.61. The van der Waals surface area contributed by atoms with Gasteiger partial charge in [0.1, 0.15) is 5.25 Å². The first-order valence-electron chi connectivity index (χ1n) is 4.67. The number of thioether (sulfide) groups is 1. The van der Waals surface area contributed by atoms with Gasteiger partial charge >= 0.3 is 11.9 Å².